The number of hydrogen-bond acceptors (Lipinski definition) is 3. The standard InChI is InChI=1S/C12H15NO3/c1-9-2-4-10(5-3-9)12(11(14)15)8-16-7-6-13-12/h2-5,13H,6-8H2,1H3,(H,14,15). The molecule has 1 unspecified atom stereocenters. The van der Waals surface area contributed by atoms with Crippen molar-refractivity contribution in [2.24, 2.45) is 0 Å². The van der Waals surface area contributed by atoms with Crippen LogP contribution in [0.2, 0.25) is 0 Å². The van der Waals surface area contributed by atoms with E-state index in [-0.39, 0.29) is 6.61 Å². The highest BCUT2D eigenvalue weighted by Crippen LogP contribution is 2.24. The van der Waals surface area contributed by atoms with Crippen molar-refractivity contribution in [3.05, 3.63) is 35.4 Å². The van der Waals surface area contributed by atoms with Gasteiger partial charge in [-0.25, -0.2) is 4.79 Å². The summed E-state index contributed by atoms with van der Waals surface area (Å²) in [5, 5.41) is 12.4. The minimum absolute atomic E-state index is 0.172. The number of hydrogen-bond donors (Lipinski definition) is 2. The monoisotopic (exact) mass is 221 g/mol. The molecule has 1 aliphatic heterocycles. The number of ether oxygens (including phenoxy) is 1. The Morgan fingerprint density at radius 3 is 2.62 bits per heavy atom. The van der Waals surface area contributed by atoms with Gasteiger partial charge in [-0.1, -0.05) is 29.8 Å². The SMILES string of the molecule is Cc1ccc(C2(C(=O)O)COCCN2)cc1. The molecule has 2 rings (SSSR count). The summed E-state index contributed by atoms with van der Waals surface area (Å²) >= 11 is 0. The van der Waals surface area contributed by atoms with Crippen molar-refractivity contribution >= 4 is 5.97 Å². The molecule has 0 aliphatic carbocycles. The van der Waals surface area contributed by atoms with Crippen LogP contribution in [0.4, 0.5) is 0 Å². The smallest absolute Gasteiger partial charge is 0.331 e. The topological polar surface area (TPSA) is 58.6 Å². The molecule has 2 N–H and O–H groups in total. The van der Waals surface area contributed by atoms with Crippen LogP contribution in [0.5, 0.6) is 0 Å². The summed E-state index contributed by atoms with van der Waals surface area (Å²) < 4.78 is 5.29. The average molecular weight is 221 g/mol. The second-order valence-corrected chi connectivity index (χ2v) is 4.06. The Balaban J connectivity index is 2.38. The summed E-state index contributed by atoms with van der Waals surface area (Å²) in [6.45, 7) is 3.26. The van der Waals surface area contributed by atoms with E-state index in [0.717, 1.165) is 11.1 Å². The summed E-state index contributed by atoms with van der Waals surface area (Å²) in [4.78, 5) is 11.4. The summed E-state index contributed by atoms with van der Waals surface area (Å²) in [6, 6.07) is 7.50. The molecular weight excluding hydrogens is 206 g/mol. The van der Waals surface area contributed by atoms with Crippen molar-refractivity contribution in [2.45, 2.75) is 12.5 Å². The van der Waals surface area contributed by atoms with Gasteiger partial charge in [0.05, 0.1) is 13.2 Å². The molecule has 1 saturated heterocycles. The first-order valence-electron chi connectivity index (χ1n) is 5.28. The fraction of sp³-hybridized carbons (Fsp3) is 0.417. The summed E-state index contributed by atoms with van der Waals surface area (Å²) in [5.41, 5.74) is 0.762. The lowest BCUT2D eigenvalue weighted by Crippen LogP contribution is -2.56. The number of benzene rings is 1. The lowest BCUT2D eigenvalue weighted by Gasteiger charge is -2.34. The van der Waals surface area contributed by atoms with Crippen LogP contribution in [0.25, 0.3) is 0 Å². The van der Waals surface area contributed by atoms with Crippen LogP contribution in [-0.4, -0.2) is 30.8 Å². The molecule has 1 aliphatic rings. The van der Waals surface area contributed by atoms with Gasteiger partial charge in [-0.15, -0.1) is 0 Å². The zero-order valence-corrected chi connectivity index (χ0v) is 9.19. The number of aliphatic carboxylic acids is 1. The maximum absolute atomic E-state index is 11.4. The molecule has 0 saturated carbocycles. The van der Waals surface area contributed by atoms with Gasteiger partial charge in [0, 0.05) is 6.54 Å². The van der Waals surface area contributed by atoms with Crippen molar-refractivity contribution < 1.29 is 14.6 Å². The van der Waals surface area contributed by atoms with Crippen molar-refractivity contribution in [2.75, 3.05) is 19.8 Å². The highest BCUT2D eigenvalue weighted by Gasteiger charge is 2.42. The molecule has 0 aromatic heterocycles. The Morgan fingerprint density at radius 2 is 2.12 bits per heavy atom. The molecular formula is C12H15NO3. The molecule has 0 bridgehead atoms. The van der Waals surface area contributed by atoms with Crippen LogP contribution in [0.1, 0.15) is 11.1 Å². The van der Waals surface area contributed by atoms with E-state index in [1.54, 1.807) is 0 Å². The molecule has 0 radical (unpaired) electrons. The van der Waals surface area contributed by atoms with Gasteiger partial charge in [0.25, 0.3) is 0 Å². The quantitative estimate of drug-likeness (QED) is 0.779. The van der Waals surface area contributed by atoms with Crippen LogP contribution in [0, 0.1) is 6.92 Å². The largest absolute Gasteiger partial charge is 0.480 e. The third-order valence-electron chi connectivity index (χ3n) is 2.90. The molecule has 1 aromatic rings. The number of morpholine rings is 1. The van der Waals surface area contributed by atoms with Gasteiger partial charge in [-0.05, 0) is 12.5 Å². The van der Waals surface area contributed by atoms with Crippen LogP contribution < -0.4 is 5.32 Å². The highest BCUT2D eigenvalue weighted by atomic mass is 16.5. The zero-order chi connectivity index (χ0) is 11.6. The van der Waals surface area contributed by atoms with E-state index in [1.165, 1.54) is 0 Å². The van der Waals surface area contributed by atoms with Crippen molar-refractivity contribution in [3.63, 3.8) is 0 Å². The van der Waals surface area contributed by atoms with E-state index in [1.807, 2.05) is 31.2 Å². The zero-order valence-electron chi connectivity index (χ0n) is 9.19. The average Bonchev–Trinajstić information content (AvgIpc) is 2.30. The molecule has 0 amide bonds. The summed E-state index contributed by atoms with van der Waals surface area (Å²) in [7, 11) is 0. The number of aryl methyl sites for hydroxylation is 1. The van der Waals surface area contributed by atoms with Crippen LogP contribution in [0.3, 0.4) is 0 Å². The Kier molecular flexibility index (Phi) is 2.94. The molecule has 4 nitrogen and oxygen atoms in total. The lowest BCUT2D eigenvalue weighted by atomic mass is 9.89. The summed E-state index contributed by atoms with van der Waals surface area (Å²) in [6.07, 6.45) is 0. The van der Waals surface area contributed by atoms with E-state index >= 15 is 0 Å². The predicted molar refractivity (Wildman–Crippen MR) is 59.3 cm³/mol. The van der Waals surface area contributed by atoms with E-state index < -0.39 is 11.5 Å². The minimum Gasteiger partial charge on any atom is -0.480 e. The van der Waals surface area contributed by atoms with Gasteiger partial charge in [0.1, 0.15) is 0 Å². The molecule has 4 heteroatoms. The molecule has 86 valence electrons. The number of carboxylic acids is 1. The Bertz CT molecular complexity index is 380. The third kappa shape index (κ3) is 1.81. The number of nitrogens with one attached hydrogen (secondary N) is 1. The van der Waals surface area contributed by atoms with Gasteiger partial charge in [-0.2, -0.15) is 0 Å². The maximum Gasteiger partial charge on any atom is 0.331 e. The minimum atomic E-state index is -1.09. The third-order valence-corrected chi connectivity index (χ3v) is 2.90. The molecule has 16 heavy (non-hydrogen) atoms. The molecule has 1 heterocycles. The number of carbonyl (C=O) groups is 1. The van der Waals surface area contributed by atoms with Crippen molar-refractivity contribution in [1.29, 1.82) is 0 Å². The Labute approximate surface area is 94.2 Å². The first-order valence-corrected chi connectivity index (χ1v) is 5.28. The van der Waals surface area contributed by atoms with Gasteiger partial charge < -0.3 is 9.84 Å². The van der Waals surface area contributed by atoms with Crippen LogP contribution in [-0.2, 0) is 15.1 Å². The van der Waals surface area contributed by atoms with E-state index in [0.29, 0.717) is 13.2 Å². The number of rotatable bonds is 2. The molecule has 1 atom stereocenters. The van der Waals surface area contributed by atoms with Gasteiger partial charge >= 0.3 is 5.97 Å². The molecule has 1 fully saturated rings. The first-order chi connectivity index (χ1) is 7.65. The van der Waals surface area contributed by atoms with E-state index in [9.17, 15) is 9.90 Å². The highest BCUT2D eigenvalue weighted by molar-refractivity contribution is 5.81. The number of carboxylic acid groups (broad SMARTS) is 1. The molecule has 1 aromatic carbocycles. The maximum atomic E-state index is 11.4. The second-order valence-electron chi connectivity index (χ2n) is 4.06. The predicted octanol–water partition coefficient (Wildman–Crippen LogP) is 0.895. The first kappa shape index (κ1) is 11.1. The lowest BCUT2D eigenvalue weighted by molar-refractivity contribution is -0.151. The Morgan fingerprint density at radius 1 is 1.44 bits per heavy atom. The normalized spacial score (nSPS) is 25.3. The second kappa shape index (κ2) is 4.23. The van der Waals surface area contributed by atoms with E-state index in [2.05, 4.69) is 5.32 Å². The van der Waals surface area contributed by atoms with E-state index in [4.69, 9.17) is 4.74 Å². The summed E-state index contributed by atoms with van der Waals surface area (Å²) in [5.74, 6) is -0.893. The van der Waals surface area contributed by atoms with Crippen LogP contribution in [0.15, 0.2) is 24.3 Å². The van der Waals surface area contributed by atoms with Crippen LogP contribution >= 0.6 is 0 Å². The van der Waals surface area contributed by atoms with Gasteiger partial charge in [0.15, 0.2) is 5.54 Å². The van der Waals surface area contributed by atoms with Gasteiger partial charge in [-0.3, -0.25) is 5.32 Å². The molecule has 0 spiro atoms. The fourth-order valence-electron chi connectivity index (χ4n) is 1.90. The van der Waals surface area contributed by atoms with Crippen molar-refractivity contribution in [3.8, 4) is 0 Å². The van der Waals surface area contributed by atoms with Gasteiger partial charge in [0.2, 0.25) is 0 Å². The Hall–Kier alpha value is -1.39. The van der Waals surface area contributed by atoms with Crippen molar-refractivity contribution in [1.82, 2.24) is 5.32 Å². The fourth-order valence-corrected chi connectivity index (χ4v) is 1.90.